The van der Waals surface area contributed by atoms with Gasteiger partial charge in [0.15, 0.2) is 0 Å². The van der Waals surface area contributed by atoms with Gasteiger partial charge in [0.05, 0.1) is 0 Å². The lowest BCUT2D eigenvalue weighted by atomic mass is 9.95. The predicted molar refractivity (Wildman–Crippen MR) is 72.0 cm³/mol. The first kappa shape index (κ1) is 11.3. The van der Waals surface area contributed by atoms with Crippen LogP contribution in [0.3, 0.4) is 0 Å². The number of nitrogens with zero attached hydrogens (tertiary/aromatic N) is 1. The Hall–Kier alpha value is -1.77. The molecule has 18 heavy (non-hydrogen) atoms. The minimum absolute atomic E-state index is 0.0851. The smallest absolute Gasteiger partial charge is 0.254 e. The molecule has 1 aromatic heterocycles. The van der Waals surface area contributed by atoms with Crippen LogP contribution in [-0.2, 0) is 0 Å². The van der Waals surface area contributed by atoms with Gasteiger partial charge in [-0.15, -0.1) is 0 Å². The van der Waals surface area contributed by atoms with Crippen molar-refractivity contribution >= 4 is 10.8 Å². The van der Waals surface area contributed by atoms with Gasteiger partial charge in [-0.25, -0.2) is 0 Å². The molecule has 1 N–H and O–H groups in total. The molecule has 0 unspecified atom stereocenters. The molecule has 0 amide bonds. The SMILES string of the molecule is O=c1cc2ccccc2c(O)n1C1CCCCC1. The number of hydrogen-bond acceptors (Lipinski definition) is 2. The number of benzene rings is 1. The summed E-state index contributed by atoms with van der Waals surface area (Å²) in [4.78, 5) is 12.2. The van der Waals surface area contributed by atoms with Gasteiger partial charge >= 0.3 is 0 Å². The quantitative estimate of drug-likeness (QED) is 0.835. The molecule has 94 valence electrons. The molecule has 0 bridgehead atoms. The largest absolute Gasteiger partial charge is 0.494 e. The van der Waals surface area contributed by atoms with E-state index in [1.165, 1.54) is 6.42 Å². The molecular formula is C15H17NO2. The zero-order chi connectivity index (χ0) is 12.5. The first-order valence-electron chi connectivity index (χ1n) is 6.60. The van der Waals surface area contributed by atoms with Crippen LogP contribution in [0.2, 0.25) is 0 Å². The summed E-state index contributed by atoms with van der Waals surface area (Å²) in [6.07, 6.45) is 5.50. The van der Waals surface area contributed by atoms with Crippen LogP contribution in [0.4, 0.5) is 0 Å². The van der Waals surface area contributed by atoms with Crippen molar-refractivity contribution in [1.29, 1.82) is 0 Å². The Labute approximate surface area is 106 Å². The van der Waals surface area contributed by atoms with Crippen LogP contribution in [0.5, 0.6) is 5.88 Å². The van der Waals surface area contributed by atoms with E-state index in [0.29, 0.717) is 0 Å². The summed E-state index contributed by atoms with van der Waals surface area (Å²) in [7, 11) is 0. The summed E-state index contributed by atoms with van der Waals surface area (Å²) in [5, 5.41) is 11.9. The van der Waals surface area contributed by atoms with Gasteiger partial charge in [0.25, 0.3) is 5.56 Å². The summed E-state index contributed by atoms with van der Waals surface area (Å²) in [5.74, 6) is 0.130. The number of pyridine rings is 1. The maximum absolute atomic E-state index is 12.2. The standard InChI is InChI=1S/C15H17NO2/c17-14-10-11-6-4-5-9-13(11)15(18)16(14)12-7-2-1-3-8-12/h4-6,9-10,12,18H,1-3,7-8H2. The number of aromatic hydroxyl groups is 1. The summed E-state index contributed by atoms with van der Waals surface area (Å²) >= 11 is 0. The van der Waals surface area contributed by atoms with E-state index in [-0.39, 0.29) is 17.5 Å². The molecule has 0 spiro atoms. The van der Waals surface area contributed by atoms with Crippen LogP contribution in [0.1, 0.15) is 38.1 Å². The number of hydrogen-bond donors (Lipinski definition) is 1. The monoisotopic (exact) mass is 243 g/mol. The Morgan fingerprint density at radius 2 is 1.83 bits per heavy atom. The molecule has 3 rings (SSSR count). The molecular weight excluding hydrogens is 226 g/mol. The Kier molecular flexibility index (Phi) is 2.82. The third-order valence-corrected chi connectivity index (χ3v) is 3.89. The Morgan fingerprint density at radius 1 is 1.11 bits per heavy atom. The molecule has 2 aromatic rings. The van der Waals surface area contributed by atoms with Gasteiger partial charge in [0.1, 0.15) is 0 Å². The molecule has 1 aromatic carbocycles. The highest BCUT2D eigenvalue weighted by Crippen LogP contribution is 2.32. The van der Waals surface area contributed by atoms with E-state index in [0.717, 1.165) is 36.5 Å². The van der Waals surface area contributed by atoms with Crippen molar-refractivity contribution in [3.8, 4) is 5.88 Å². The first-order valence-corrected chi connectivity index (χ1v) is 6.60. The topological polar surface area (TPSA) is 42.2 Å². The third kappa shape index (κ3) is 1.80. The van der Waals surface area contributed by atoms with Crippen LogP contribution in [0.25, 0.3) is 10.8 Å². The van der Waals surface area contributed by atoms with E-state index in [1.54, 1.807) is 10.6 Å². The summed E-state index contributed by atoms with van der Waals surface area (Å²) in [6, 6.07) is 9.29. The van der Waals surface area contributed by atoms with Gasteiger partial charge in [-0.1, -0.05) is 37.5 Å². The van der Waals surface area contributed by atoms with Gasteiger partial charge < -0.3 is 5.11 Å². The van der Waals surface area contributed by atoms with Crippen LogP contribution in [0, 0.1) is 0 Å². The normalized spacial score (nSPS) is 17.1. The molecule has 0 aliphatic heterocycles. The van der Waals surface area contributed by atoms with Gasteiger partial charge in [0, 0.05) is 17.5 Å². The summed E-state index contributed by atoms with van der Waals surface area (Å²) in [5.41, 5.74) is -0.0851. The van der Waals surface area contributed by atoms with Gasteiger partial charge in [0.2, 0.25) is 5.88 Å². The molecule has 3 nitrogen and oxygen atoms in total. The van der Waals surface area contributed by atoms with Crippen LogP contribution in [0.15, 0.2) is 35.1 Å². The third-order valence-electron chi connectivity index (χ3n) is 3.89. The summed E-state index contributed by atoms with van der Waals surface area (Å²) in [6.45, 7) is 0. The van der Waals surface area contributed by atoms with Crippen molar-refractivity contribution in [2.75, 3.05) is 0 Å². The van der Waals surface area contributed by atoms with Crippen molar-refractivity contribution in [2.45, 2.75) is 38.1 Å². The average Bonchev–Trinajstić information content (AvgIpc) is 2.40. The predicted octanol–water partition coefficient (Wildman–Crippen LogP) is 3.21. The highest BCUT2D eigenvalue weighted by atomic mass is 16.3. The number of aromatic nitrogens is 1. The minimum Gasteiger partial charge on any atom is -0.494 e. The lowest BCUT2D eigenvalue weighted by Gasteiger charge is -2.25. The van der Waals surface area contributed by atoms with Crippen molar-refractivity contribution in [1.82, 2.24) is 4.57 Å². The molecule has 1 heterocycles. The van der Waals surface area contributed by atoms with Crippen LogP contribution >= 0.6 is 0 Å². The molecule has 3 heteroatoms. The highest BCUT2D eigenvalue weighted by molar-refractivity contribution is 5.86. The zero-order valence-corrected chi connectivity index (χ0v) is 10.3. The van der Waals surface area contributed by atoms with Crippen LogP contribution < -0.4 is 5.56 Å². The van der Waals surface area contributed by atoms with Crippen LogP contribution in [-0.4, -0.2) is 9.67 Å². The van der Waals surface area contributed by atoms with Gasteiger partial charge in [-0.2, -0.15) is 0 Å². The van der Waals surface area contributed by atoms with Gasteiger partial charge in [-0.05, 0) is 24.3 Å². The molecule has 0 radical (unpaired) electrons. The van der Waals surface area contributed by atoms with Crippen molar-refractivity contribution < 1.29 is 5.11 Å². The highest BCUT2D eigenvalue weighted by Gasteiger charge is 2.20. The van der Waals surface area contributed by atoms with E-state index >= 15 is 0 Å². The minimum atomic E-state index is -0.0851. The molecule has 0 atom stereocenters. The summed E-state index contributed by atoms with van der Waals surface area (Å²) < 4.78 is 1.58. The van der Waals surface area contributed by atoms with E-state index in [2.05, 4.69) is 0 Å². The van der Waals surface area contributed by atoms with E-state index in [4.69, 9.17) is 0 Å². The Bertz CT molecular complexity index is 624. The second-order valence-electron chi connectivity index (χ2n) is 5.06. The number of fused-ring (bicyclic) bond motifs is 1. The second kappa shape index (κ2) is 4.48. The van der Waals surface area contributed by atoms with E-state index in [1.807, 2.05) is 24.3 Å². The number of rotatable bonds is 1. The fraction of sp³-hybridized carbons (Fsp3) is 0.400. The average molecular weight is 243 g/mol. The maximum Gasteiger partial charge on any atom is 0.254 e. The van der Waals surface area contributed by atoms with E-state index in [9.17, 15) is 9.90 Å². The van der Waals surface area contributed by atoms with Gasteiger partial charge in [-0.3, -0.25) is 9.36 Å². The van der Waals surface area contributed by atoms with E-state index < -0.39 is 0 Å². The molecule has 1 fully saturated rings. The lowest BCUT2D eigenvalue weighted by molar-refractivity contribution is 0.307. The lowest BCUT2D eigenvalue weighted by Crippen LogP contribution is -2.25. The Morgan fingerprint density at radius 3 is 2.61 bits per heavy atom. The van der Waals surface area contributed by atoms with Crippen molar-refractivity contribution in [2.24, 2.45) is 0 Å². The molecule has 1 saturated carbocycles. The fourth-order valence-corrected chi connectivity index (χ4v) is 2.96. The van der Waals surface area contributed by atoms with Crippen molar-refractivity contribution in [3.05, 3.63) is 40.7 Å². The maximum atomic E-state index is 12.2. The molecule has 1 aliphatic rings. The second-order valence-corrected chi connectivity index (χ2v) is 5.06. The first-order chi connectivity index (χ1) is 8.77. The zero-order valence-electron chi connectivity index (χ0n) is 10.3. The molecule has 0 saturated heterocycles. The van der Waals surface area contributed by atoms with Crippen molar-refractivity contribution in [3.63, 3.8) is 0 Å². The molecule has 1 aliphatic carbocycles. The Balaban J connectivity index is 2.19. The fourth-order valence-electron chi connectivity index (χ4n) is 2.96.